The zero-order chi connectivity index (χ0) is 29.7. The van der Waals surface area contributed by atoms with Gasteiger partial charge in [-0.05, 0) is 62.1 Å². The number of aromatic nitrogens is 2. The molecule has 210 valence electrons. The molecule has 0 radical (unpaired) electrons. The third kappa shape index (κ3) is 6.71. The summed E-state index contributed by atoms with van der Waals surface area (Å²) in [5.41, 5.74) is 11.3. The Morgan fingerprint density at radius 2 is 1.76 bits per heavy atom. The van der Waals surface area contributed by atoms with Crippen LogP contribution in [0, 0.1) is 34.0 Å². The van der Waals surface area contributed by atoms with Gasteiger partial charge in [-0.3, -0.25) is 0 Å². The van der Waals surface area contributed by atoms with Crippen molar-refractivity contribution in [2.24, 2.45) is 0 Å². The van der Waals surface area contributed by atoms with Crippen molar-refractivity contribution >= 4 is 39.7 Å². The van der Waals surface area contributed by atoms with E-state index < -0.39 is 5.79 Å². The molecule has 9 nitrogen and oxygen atoms in total. The Bertz CT molecular complexity index is 1710. The minimum absolute atomic E-state index is 0.0511. The SMILES string of the molecule is CC1(C)OCC(CCc2ccc(-c3c(C#N)c(N)nc(SCc4csc(Nc5ccc(C#N)cc5)n4)c3C#N)cc2)O1. The number of pyridine rings is 1. The third-order valence-corrected chi connectivity index (χ3v) is 8.47. The predicted octanol–water partition coefficient (Wildman–Crippen LogP) is 6.52. The van der Waals surface area contributed by atoms with Gasteiger partial charge in [-0.25, -0.2) is 9.97 Å². The lowest BCUT2D eigenvalue weighted by Gasteiger charge is -2.17. The first-order valence-corrected chi connectivity index (χ1v) is 15.0. The number of nitrogens with zero attached hydrogens (tertiary/aromatic N) is 5. The van der Waals surface area contributed by atoms with Crippen LogP contribution in [0.1, 0.15) is 48.2 Å². The van der Waals surface area contributed by atoms with Crippen molar-refractivity contribution in [2.45, 2.75) is 49.4 Å². The number of rotatable bonds is 9. The normalized spacial score (nSPS) is 15.5. The summed E-state index contributed by atoms with van der Waals surface area (Å²) in [6.45, 7) is 4.41. The molecule has 1 atom stereocenters. The van der Waals surface area contributed by atoms with Gasteiger partial charge in [0.25, 0.3) is 0 Å². The molecule has 0 bridgehead atoms. The molecule has 0 spiro atoms. The highest BCUT2D eigenvalue weighted by Crippen LogP contribution is 2.37. The smallest absolute Gasteiger partial charge is 0.187 e. The Kier molecular flexibility index (Phi) is 8.72. The Morgan fingerprint density at radius 3 is 2.40 bits per heavy atom. The van der Waals surface area contributed by atoms with Crippen LogP contribution in [0.2, 0.25) is 0 Å². The van der Waals surface area contributed by atoms with Crippen molar-refractivity contribution in [1.82, 2.24) is 9.97 Å². The van der Waals surface area contributed by atoms with Crippen LogP contribution in [-0.4, -0.2) is 28.5 Å². The lowest BCUT2D eigenvalue weighted by molar-refractivity contribution is -0.138. The van der Waals surface area contributed by atoms with Gasteiger partial charge < -0.3 is 20.5 Å². The molecule has 4 aromatic rings. The van der Waals surface area contributed by atoms with Gasteiger partial charge >= 0.3 is 0 Å². The van der Waals surface area contributed by atoms with Crippen LogP contribution in [0.3, 0.4) is 0 Å². The second-order valence-electron chi connectivity index (χ2n) is 10.1. The van der Waals surface area contributed by atoms with Gasteiger partial charge in [-0.1, -0.05) is 36.0 Å². The number of ether oxygens (including phenoxy) is 2. The van der Waals surface area contributed by atoms with Crippen molar-refractivity contribution < 1.29 is 9.47 Å². The molecule has 2 aromatic carbocycles. The number of anilines is 3. The van der Waals surface area contributed by atoms with E-state index in [1.165, 1.54) is 23.1 Å². The fraction of sp³-hybridized carbons (Fsp3) is 0.258. The lowest BCUT2D eigenvalue weighted by Crippen LogP contribution is -2.21. The molecular weight excluding hydrogens is 567 g/mol. The van der Waals surface area contributed by atoms with Crippen LogP contribution < -0.4 is 11.1 Å². The molecule has 1 saturated heterocycles. The maximum absolute atomic E-state index is 10.2. The van der Waals surface area contributed by atoms with Crippen LogP contribution in [0.25, 0.3) is 11.1 Å². The summed E-state index contributed by atoms with van der Waals surface area (Å²) in [5, 5.41) is 35.3. The number of nitrogens with one attached hydrogen (secondary N) is 1. The highest BCUT2D eigenvalue weighted by atomic mass is 32.2. The largest absolute Gasteiger partial charge is 0.383 e. The molecule has 1 aliphatic heterocycles. The van der Waals surface area contributed by atoms with Gasteiger partial charge in [-0.2, -0.15) is 15.8 Å². The summed E-state index contributed by atoms with van der Waals surface area (Å²) >= 11 is 2.80. The van der Waals surface area contributed by atoms with Gasteiger partial charge in [-0.15, -0.1) is 11.3 Å². The zero-order valence-electron chi connectivity index (χ0n) is 23.0. The highest BCUT2D eigenvalue weighted by molar-refractivity contribution is 7.98. The van der Waals surface area contributed by atoms with Crippen molar-refractivity contribution in [1.29, 1.82) is 15.8 Å². The second kappa shape index (κ2) is 12.6. The molecule has 42 heavy (non-hydrogen) atoms. The molecule has 3 heterocycles. The second-order valence-corrected chi connectivity index (χ2v) is 11.9. The van der Waals surface area contributed by atoms with Crippen molar-refractivity contribution in [2.75, 3.05) is 17.7 Å². The average Bonchev–Trinajstić information content (AvgIpc) is 3.60. The van der Waals surface area contributed by atoms with Gasteiger partial charge in [0.15, 0.2) is 10.9 Å². The topological polar surface area (TPSA) is 154 Å². The molecule has 11 heteroatoms. The Hall–Kier alpha value is -4.44. The van der Waals surface area contributed by atoms with Crippen LogP contribution >= 0.6 is 23.1 Å². The van der Waals surface area contributed by atoms with E-state index in [0.717, 1.165) is 35.3 Å². The number of benzene rings is 2. The lowest BCUT2D eigenvalue weighted by atomic mass is 9.95. The molecule has 3 N–H and O–H groups in total. The number of thiazole rings is 1. The Labute approximate surface area is 252 Å². The summed E-state index contributed by atoms with van der Waals surface area (Å²) in [6, 6.07) is 21.5. The maximum Gasteiger partial charge on any atom is 0.187 e. The number of hydrogen-bond acceptors (Lipinski definition) is 11. The third-order valence-electron chi connectivity index (χ3n) is 6.65. The van der Waals surface area contributed by atoms with E-state index in [0.29, 0.717) is 39.2 Å². The predicted molar refractivity (Wildman–Crippen MR) is 163 cm³/mol. The highest BCUT2D eigenvalue weighted by Gasteiger charge is 2.32. The first-order chi connectivity index (χ1) is 20.3. The molecule has 1 fully saturated rings. The van der Waals surface area contributed by atoms with E-state index in [2.05, 4.69) is 33.5 Å². The number of aryl methyl sites for hydroxylation is 1. The molecule has 0 saturated carbocycles. The summed E-state index contributed by atoms with van der Waals surface area (Å²) < 4.78 is 11.6. The van der Waals surface area contributed by atoms with E-state index in [-0.39, 0.29) is 17.5 Å². The summed E-state index contributed by atoms with van der Waals surface area (Å²) in [4.78, 5) is 9.04. The summed E-state index contributed by atoms with van der Waals surface area (Å²) in [6.07, 6.45) is 1.70. The van der Waals surface area contributed by atoms with E-state index in [9.17, 15) is 10.5 Å². The first-order valence-electron chi connectivity index (χ1n) is 13.2. The van der Waals surface area contributed by atoms with E-state index in [1.807, 2.05) is 55.6 Å². The standard InChI is InChI=1S/C31H27N7O2S2/c1-31(2)39-16-24(40-31)12-7-19-3-8-21(9-4-19)27-25(14-33)28(35)38-29(26(27)15-34)41-17-23-18-42-30(37-23)36-22-10-5-20(13-32)6-11-22/h3-6,8-11,18,24H,7,12,16-17H2,1-2H3,(H2,35,38)(H,36,37). The van der Waals surface area contributed by atoms with Crippen molar-refractivity contribution in [3.8, 4) is 29.3 Å². The van der Waals surface area contributed by atoms with Gasteiger partial charge in [0.2, 0.25) is 0 Å². The molecule has 1 unspecified atom stereocenters. The zero-order valence-corrected chi connectivity index (χ0v) is 24.7. The first kappa shape index (κ1) is 29.1. The maximum atomic E-state index is 10.2. The van der Waals surface area contributed by atoms with Crippen LogP contribution in [0.5, 0.6) is 0 Å². The average molecular weight is 594 g/mol. The van der Waals surface area contributed by atoms with E-state index in [4.69, 9.17) is 20.5 Å². The van der Waals surface area contributed by atoms with E-state index in [1.54, 1.807) is 12.1 Å². The number of nitrogen functional groups attached to an aromatic ring is 1. The monoisotopic (exact) mass is 593 g/mol. The number of hydrogen-bond donors (Lipinski definition) is 2. The van der Waals surface area contributed by atoms with Crippen LogP contribution in [0.15, 0.2) is 58.9 Å². The summed E-state index contributed by atoms with van der Waals surface area (Å²) in [7, 11) is 0. The molecule has 2 aromatic heterocycles. The number of nitriles is 3. The van der Waals surface area contributed by atoms with Crippen LogP contribution in [-0.2, 0) is 21.6 Å². The number of thioether (sulfide) groups is 1. The quantitative estimate of drug-likeness (QED) is 0.205. The van der Waals surface area contributed by atoms with Crippen molar-refractivity contribution in [3.05, 3.63) is 81.9 Å². The fourth-order valence-corrected chi connectivity index (χ4v) is 6.31. The molecule has 0 aliphatic carbocycles. The summed E-state index contributed by atoms with van der Waals surface area (Å²) in [5.74, 6) is -0.00106. The molecule has 5 rings (SSSR count). The minimum atomic E-state index is -0.544. The molecule has 1 aliphatic rings. The van der Waals surface area contributed by atoms with Crippen LogP contribution in [0.4, 0.5) is 16.6 Å². The Morgan fingerprint density at radius 1 is 1.02 bits per heavy atom. The van der Waals surface area contributed by atoms with Gasteiger partial charge in [0.05, 0.1) is 35.6 Å². The fourth-order valence-electron chi connectivity index (χ4n) is 4.59. The molecule has 0 amide bonds. The number of nitrogens with two attached hydrogens (primary N) is 1. The Balaban J connectivity index is 1.31. The minimum Gasteiger partial charge on any atom is -0.383 e. The van der Waals surface area contributed by atoms with Crippen molar-refractivity contribution in [3.63, 3.8) is 0 Å². The van der Waals surface area contributed by atoms with E-state index >= 15 is 0 Å². The van der Waals surface area contributed by atoms with Gasteiger partial charge in [0.1, 0.15) is 28.5 Å². The van der Waals surface area contributed by atoms with Gasteiger partial charge in [0, 0.05) is 22.4 Å². The molecular formula is C31H27N7O2S2.